The van der Waals surface area contributed by atoms with Crippen LogP contribution in [-0.4, -0.2) is 73.2 Å². The predicted molar refractivity (Wildman–Crippen MR) is 79.1 cm³/mol. The Labute approximate surface area is 125 Å². The van der Waals surface area contributed by atoms with Crippen LogP contribution in [0.1, 0.15) is 16.2 Å². The molecule has 3 rings (SSSR count). The molecular weight excluding hydrogens is 268 g/mol. The summed E-state index contributed by atoms with van der Waals surface area (Å²) >= 11 is 0. The van der Waals surface area contributed by atoms with E-state index in [0.29, 0.717) is 11.7 Å². The summed E-state index contributed by atoms with van der Waals surface area (Å²) in [6.07, 6.45) is 0. The van der Waals surface area contributed by atoms with Crippen LogP contribution >= 0.6 is 0 Å². The maximum atomic E-state index is 11.5. The third-order valence-corrected chi connectivity index (χ3v) is 4.19. The van der Waals surface area contributed by atoms with Crippen molar-refractivity contribution in [2.24, 2.45) is 0 Å². The zero-order valence-corrected chi connectivity index (χ0v) is 12.4. The molecule has 2 fully saturated rings. The highest BCUT2D eigenvalue weighted by molar-refractivity contribution is 5.87. The van der Waals surface area contributed by atoms with Gasteiger partial charge in [-0.1, -0.05) is 6.07 Å². The lowest BCUT2D eigenvalue weighted by Gasteiger charge is -2.46. The SMILES string of the molecule is COC(=O)c1cccc(CN2CC(N3CCNCC3)C2)n1. The van der Waals surface area contributed by atoms with Crippen molar-refractivity contribution in [2.75, 3.05) is 46.4 Å². The Balaban J connectivity index is 1.51. The lowest BCUT2D eigenvalue weighted by atomic mass is 10.1. The number of likely N-dealkylation sites (tertiary alicyclic amines) is 1. The molecule has 21 heavy (non-hydrogen) atoms. The van der Waals surface area contributed by atoms with Crippen LogP contribution in [-0.2, 0) is 11.3 Å². The molecule has 0 unspecified atom stereocenters. The number of aromatic nitrogens is 1. The van der Waals surface area contributed by atoms with Crippen molar-refractivity contribution in [1.29, 1.82) is 0 Å². The molecule has 0 bridgehead atoms. The van der Waals surface area contributed by atoms with Gasteiger partial charge in [-0.15, -0.1) is 0 Å². The van der Waals surface area contributed by atoms with Crippen LogP contribution in [0.5, 0.6) is 0 Å². The predicted octanol–water partition coefficient (Wildman–Crippen LogP) is -0.0424. The minimum absolute atomic E-state index is 0.376. The van der Waals surface area contributed by atoms with E-state index in [1.807, 2.05) is 12.1 Å². The van der Waals surface area contributed by atoms with Crippen LogP contribution in [0.25, 0.3) is 0 Å². The van der Waals surface area contributed by atoms with Gasteiger partial charge in [-0.3, -0.25) is 9.80 Å². The Morgan fingerprint density at radius 2 is 2.14 bits per heavy atom. The van der Waals surface area contributed by atoms with Crippen molar-refractivity contribution in [3.8, 4) is 0 Å². The molecule has 6 heteroatoms. The molecule has 0 aliphatic carbocycles. The average Bonchev–Trinajstić information content (AvgIpc) is 2.51. The van der Waals surface area contributed by atoms with Crippen LogP contribution in [0.15, 0.2) is 18.2 Å². The molecule has 0 radical (unpaired) electrons. The van der Waals surface area contributed by atoms with Gasteiger partial charge in [0.1, 0.15) is 5.69 Å². The molecule has 114 valence electrons. The number of rotatable bonds is 4. The normalized spacial score (nSPS) is 21.0. The van der Waals surface area contributed by atoms with Gasteiger partial charge in [0.05, 0.1) is 12.8 Å². The first-order chi connectivity index (χ1) is 10.3. The first kappa shape index (κ1) is 14.4. The molecule has 2 aliphatic heterocycles. The fraction of sp³-hybridized carbons (Fsp3) is 0.600. The Morgan fingerprint density at radius 1 is 1.38 bits per heavy atom. The highest BCUT2D eigenvalue weighted by Gasteiger charge is 2.32. The highest BCUT2D eigenvalue weighted by atomic mass is 16.5. The van der Waals surface area contributed by atoms with Gasteiger partial charge in [0, 0.05) is 51.9 Å². The standard InChI is InChI=1S/C15H22N4O2/c1-21-15(20)14-4-2-3-12(17-14)9-18-10-13(11-18)19-7-5-16-6-8-19/h2-4,13,16H,5-11H2,1H3. The van der Waals surface area contributed by atoms with E-state index in [9.17, 15) is 4.79 Å². The summed E-state index contributed by atoms with van der Waals surface area (Å²) < 4.78 is 4.71. The number of pyridine rings is 1. The summed E-state index contributed by atoms with van der Waals surface area (Å²) in [4.78, 5) is 20.8. The number of ether oxygens (including phenoxy) is 1. The van der Waals surface area contributed by atoms with Crippen molar-refractivity contribution in [2.45, 2.75) is 12.6 Å². The van der Waals surface area contributed by atoms with Crippen molar-refractivity contribution < 1.29 is 9.53 Å². The maximum absolute atomic E-state index is 11.5. The maximum Gasteiger partial charge on any atom is 0.356 e. The number of esters is 1. The zero-order chi connectivity index (χ0) is 14.7. The Morgan fingerprint density at radius 3 is 2.86 bits per heavy atom. The van der Waals surface area contributed by atoms with E-state index in [1.165, 1.54) is 7.11 Å². The largest absolute Gasteiger partial charge is 0.464 e. The molecule has 0 saturated carbocycles. The molecule has 1 N–H and O–H groups in total. The second-order valence-electron chi connectivity index (χ2n) is 5.64. The lowest BCUT2D eigenvalue weighted by Crippen LogP contribution is -2.62. The lowest BCUT2D eigenvalue weighted by molar-refractivity contribution is 0.0215. The van der Waals surface area contributed by atoms with E-state index >= 15 is 0 Å². The second-order valence-corrected chi connectivity index (χ2v) is 5.64. The van der Waals surface area contributed by atoms with E-state index in [1.54, 1.807) is 6.07 Å². The molecule has 2 aliphatic rings. The molecule has 0 aromatic carbocycles. The quantitative estimate of drug-likeness (QED) is 0.785. The van der Waals surface area contributed by atoms with Gasteiger partial charge in [-0.2, -0.15) is 0 Å². The summed E-state index contributed by atoms with van der Waals surface area (Å²) in [5.74, 6) is -0.376. The smallest absolute Gasteiger partial charge is 0.356 e. The Hall–Kier alpha value is -1.50. The van der Waals surface area contributed by atoms with Gasteiger partial charge in [0.15, 0.2) is 0 Å². The number of nitrogens with zero attached hydrogens (tertiary/aromatic N) is 3. The first-order valence-electron chi connectivity index (χ1n) is 7.47. The van der Waals surface area contributed by atoms with Crippen molar-refractivity contribution in [3.63, 3.8) is 0 Å². The van der Waals surface area contributed by atoms with Gasteiger partial charge in [-0.25, -0.2) is 9.78 Å². The van der Waals surface area contributed by atoms with Crippen LogP contribution in [0.4, 0.5) is 0 Å². The van der Waals surface area contributed by atoms with Gasteiger partial charge >= 0.3 is 5.97 Å². The van der Waals surface area contributed by atoms with Gasteiger partial charge in [-0.05, 0) is 12.1 Å². The molecule has 2 saturated heterocycles. The molecule has 0 amide bonds. The fourth-order valence-corrected chi connectivity index (χ4v) is 2.96. The number of carbonyl (C=O) groups is 1. The highest BCUT2D eigenvalue weighted by Crippen LogP contribution is 2.18. The average molecular weight is 290 g/mol. The molecule has 1 aromatic heterocycles. The Kier molecular flexibility index (Phi) is 4.48. The summed E-state index contributed by atoms with van der Waals surface area (Å²) in [5, 5.41) is 3.38. The topological polar surface area (TPSA) is 57.7 Å². The minimum Gasteiger partial charge on any atom is -0.464 e. The van der Waals surface area contributed by atoms with Crippen LogP contribution in [0, 0.1) is 0 Å². The summed E-state index contributed by atoms with van der Waals surface area (Å²) in [7, 11) is 1.38. The third kappa shape index (κ3) is 3.40. The number of hydrogen-bond donors (Lipinski definition) is 1. The van der Waals surface area contributed by atoms with Crippen LogP contribution in [0.3, 0.4) is 0 Å². The second kappa shape index (κ2) is 6.51. The molecular formula is C15H22N4O2. The monoisotopic (exact) mass is 290 g/mol. The van der Waals surface area contributed by atoms with Crippen molar-refractivity contribution in [1.82, 2.24) is 20.1 Å². The molecule has 0 spiro atoms. The van der Waals surface area contributed by atoms with Crippen molar-refractivity contribution in [3.05, 3.63) is 29.6 Å². The number of carbonyl (C=O) groups excluding carboxylic acids is 1. The zero-order valence-electron chi connectivity index (χ0n) is 12.4. The third-order valence-electron chi connectivity index (χ3n) is 4.19. The van der Waals surface area contributed by atoms with E-state index in [2.05, 4.69) is 20.1 Å². The minimum atomic E-state index is -0.376. The fourth-order valence-electron chi connectivity index (χ4n) is 2.96. The molecule has 6 nitrogen and oxygen atoms in total. The summed E-state index contributed by atoms with van der Waals surface area (Å²) in [6, 6.07) is 6.19. The van der Waals surface area contributed by atoms with Crippen molar-refractivity contribution >= 4 is 5.97 Å². The van der Waals surface area contributed by atoms with Crippen LogP contribution in [0.2, 0.25) is 0 Å². The molecule has 1 aromatic rings. The first-order valence-corrected chi connectivity index (χ1v) is 7.47. The summed E-state index contributed by atoms with van der Waals surface area (Å²) in [5.41, 5.74) is 1.31. The van der Waals surface area contributed by atoms with Gasteiger partial charge < -0.3 is 10.1 Å². The van der Waals surface area contributed by atoms with Gasteiger partial charge in [0.2, 0.25) is 0 Å². The van der Waals surface area contributed by atoms with E-state index < -0.39 is 0 Å². The molecule has 0 atom stereocenters. The van der Waals surface area contributed by atoms with E-state index in [0.717, 1.165) is 51.5 Å². The van der Waals surface area contributed by atoms with E-state index in [-0.39, 0.29) is 5.97 Å². The van der Waals surface area contributed by atoms with Gasteiger partial charge in [0.25, 0.3) is 0 Å². The Bertz CT molecular complexity index is 496. The van der Waals surface area contributed by atoms with Crippen LogP contribution < -0.4 is 5.32 Å². The van der Waals surface area contributed by atoms with E-state index in [4.69, 9.17) is 4.74 Å². The molecule has 3 heterocycles. The number of hydrogen-bond acceptors (Lipinski definition) is 6. The number of piperazine rings is 1. The number of nitrogens with one attached hydrogen (secondary N) is 1. The summed E-state index contributed by atoms with van der Waals surface area (Å²) in [6.45, 7) is 7.46. The number of methoxy groups -OCH3 is 1.